The van der Waals surface area contributed by atoms with E-state index in [0.717, 1.165) is 57.4 Å². The third-order valence-electron chi connectivity index (χ3n) is 13.2. The van der Waals surface area contributed by atoms with Gasteiger partial charge in [0.05, 0.1) is 24.9 Å². The molecule has 4 aromatic rings. The number of aromatic hydroxyl groups is 1. The number of aromatic nitrogens is 2. The van der Waals surface area contributed by atoms with Gasteiger partial charge in [0.2, 0.25) is 11.8 Å². The molecular formula is C48H61N7O7. The number of hydrazine groups is 1. The highest BCUT2D eigenvalue weighted by Crippen LogP contribution is 2.46. The quantitative estimate of drug-likeness (QED) is 0.169. The summed E-state index contributed by atoms with van der Waals surface area (Å²) >= 11 is 0. The van der Waals surface area contributed by atoms with Gasteiger partial charge in [-0.15, -0.1) is 0 Å². The molecule has 1 aliphatic carbocycles. The van der Waals surface area contributed by atoms with E-state index in [2.05, 4.69) is 58.5 Å². The zero-order chi connectivity index (χ0) is 44.0. The smallest absolute Gasteiger partial charge is 0.324 e. The van der Waals surface area contributed by atoms with Gasteiger partial charge in [0.25, 0.3) is 5.91 Å². The monoisotopic (exact) mass is 847 g/mol. The van der Waals surface area contributed by atoms with Gasteiger partial charge in [0.15, 0.2) is 0 Å². The second kappa shape index (κ2) is 17.5. The summed E-state index contributed by atoms with van der Waals surface area (Å²) in [5.41, 5.74) is 9.95. The van der Waals surface area contributed by atoms with Crippen molar-refractivity contribution < 1.29 is 33.8 Å². The standard InChI is InChI=1S/C48H61N7O7/c1-8-54-40-12-11-29-20-35(40)36(43(54)37-24-49-14-13-30(37)25-61-7)22-48(4,5)26-62-47(60)38-10-9-15-55(52-38)45(58)39(18-28-16-31(29)19-33(56)17-28)51-44(57)42(27(2)3)53(6)46(59)41-34-21-32(34)23-50-41/h11-14,16-17,19-20,24,27,32,34,38-39,41-42,50,52,56H,8-10,15,18,21-23,25-26H2,1-7H3,(H,51,57)/t32-,34-,38-,39-,41+,42?/m0/s1. The van der Waals surface area contributed by atoms with E-state index in [1.54, 1.807) is 32.5 Å². The number of hydrogen-bond donors (Lipinski definition) is 4. The van der Waals surface area contributed by atoms with Crippen molar-refractivity contribution in [2.75, 3.05) is 33.9 Å². The lowest BCUT2D eigenvalue weighted by molar-refractivity contribution is -0.155. The van der Waals surface area contributed by atoms with Gasteiger partial charge in [0.1, 0.15) is 23.9 Å². The summed E-state index contributed by atoms with van der Waals surface area (Å²) in [5.74, 6) is -0.914. The van der Waals surface area contributed by atoms with Gasteiger partial charge in [0, 0.05) is 67.9 Å². The normalized spacial score (nSPS) is 24.0. The van der Waals surface area contributed by atoms with Crippen molar-refractivity contribution >= 4 is 34.6 Å². The van der Waals surface area contributed by atoms with Crippen molar-refractivity contribution in [1.29, 1.82) is 0 Å². The SMILES string of the molecule is CCn1c(-c2cnccc2COC)c2c3cc(ccc31)-c1cc(O)cc(c1)C[C@H](NC(=O)C(C(C)C)N(C)C(=O)[C@@H]1NC[C@@H]3C[C@@H]31)C(=O)N1CCC[C@H](N1)C(=O)OCC(C)(C)C2. The fraction of sp³-hybridized carbons (Fsp3) is 0.521. The third-order valence-corrected chi connectivity index (χ3v) is 13.2. The molecule has 14 heteroatoms. The fourth-order valence-corrected chi connectivity index (χ4v) is 10.1. The number of nitrogens with zero attached hydrogens (tertiary/aromatic N) is 4. The number of hydrogen-bond acceptors (Lipinski definition) is 10. The van der Waals surface area contributed by atoms with Crippen LogP contribution in [-0.2, 0) is 54.6 Å². The van der Waals surface area contributed by atoms with E-state index in [0.29, 0.717) is 50.4 Å². The molecule has 4 aliphatic rings. The second-order valence-corrected chi connectivity index (χ2v) is 18.9. The predicted molar refractivity (Wildman–Crippen MR) is 235 cm³/mol. The molecule has 4 N–H and O–H groups in total. The Kier molecular flexibility index (Phi) is 12.2. The number of fused-ring (bicyclic) bond motifs is 7. The number of carbonyl (C=O) groups excluding carboxylic acids is 4. The topological polar surface area (TPSA) is 167 Å². The Bertz CT molecular complexity index is 2370. The summed E-state index contributed by atoms with van der Waals surface area (Å²) in [4.78, 5) is 62.8. The van der Waals surface area contributed by atoms with E-state index in [9.17, 15) is 24.3 Å². The van der Waals surface area contributed by atoms with Gasteiger partial charge in [-0.1, -0.05) is 39.8 Å². The van der Waals surface area contributed by atoms with Crippen LogP contribution >= 0.6 is 0 Å². The lowest BCUT2D eigenvalue weighted by atomic mass is 9.84. The minimum atomic E-state index is -1.10. The summed E-state index contributed by atoms with van der Waals surface area (Å²) < 4.78 is 14.0. The molecule has 3 amide bonds. The van der Waals surface area contributed by atoms with Crippen molar-refractivity contribution in [3.8, 4) is 28.1 Å². The number of aryl methyl sites for hydroxylation is 1. The van der Waals surface area contributed by atoms with Crippen molar-refractivity contribution in [1.82, 2.24) is 35.5 Å². The summed E-state index contributed by atoms with van der Waals surface area (Å²) in [6, 6.07) is 10.5. The maximum absolute atomic E-state index is 14.6. The maximum atomic E-state index is 14.6. The number of esters is 1. The first kappa shape index (κ1) is 43.3. The molecule has 62 heavy (non-hydrogen) atoms. The molecule has 6 bridgehead atoms. The van der Waals surface area contributed by atoms with Crippen LogP contribution in [-0.4, -0.2) is 106 Å². The van der Waals surface area contributed by atoms with Crippen molar-refractivity contribution in [3.05, 3.63) is 71.5 Å². The molecule has 2 saturated heterocycles. The van der Waals surface area contributed by atoms with E-state index in [1.165, 1.54) is 9.91 Å². The Morgan fingerprint density at radius 1 is 1.13 bits per heavy atom. The van der Waals surface area contributed by atoms with Crippen molar-refractivity contribution in [2.45, 2.75) is 104 Å². The first-order chi connectivity index (χ1) is 29.7. The van der Waals surface area contributed by atoms with Gasteiger partial charge in [-0.25, -0.2) is 5.43 Å². The highest BCUT2D eigenvalue weighted by Gasteiger charge is 2.52. The van der Waals surface area contributed by atoms with Gasteiger partial charge < -0.3 is 34.7 Å². The minimum Gasteiger partial charge on any atom is -0.508 e. The Morgan fingerprint density at radius 3 is 2.65 bits per heavy atom. The van der Waals surface area contributed by atoms with Crippen LogP contribution in [0.25, 0.3) is 33.3 Å². The number of likely N-dealkylation sites (N-methyl/N-ethyl adjacent to an activating group) is 1. The molecule has 14 nitrogen and oxygen atoms in total. The largest absolute Gasteiger partial charge is 0.508 e. The van der Waals surface area contributed by atoms with Crippen molar-refractivity contribution in [2.24, 2.45) is 23.2 Å². The zero-order valence-corrected chi connectivity index (χ0v) is 37.0. The van der Waals surface area contributed by atoms with Crippen LogP contribution in [0.5, 0.6) is 5.75 Å². The number of benzene rings is 2. The van der Waals surface area contributed by atoms with Crippen molar-refractivity contribution in [3.63, 3.8) is 0 Å². The maximum Gasteiger partial charge on any atom is 0.324 e. The number of amides is 3. The number of phenolic OH excluding ortho intramolecular Hbond substituents is 1. The third kappa shape index (κ3) is 8.56. The first-order valence-electron chi connectivity index (χ1n) is 22.1. The number of pyridine rings is 1. The molecular weight excluding hydrogens is 787 g/mol. The summed E-state index contributed by atoms with van der Waals surface area (Å²) in [5, 5.41) is 20.1. The van der Waals surface area contributed by atoms with Gasteiger partial charge in [-0.05, 0) is 115 Å². The predicted octanol–water partition coefficient (Wildman–Crippen LogP) is 4.98. The molecule has 0 radical (unpaired) electrons. The number of rotatable bonds is 9. The summed E-state index contributed by atoms with van der Waals surface area (Å²) in [6.07, 6.45) is 6.28. The average Bonchev–Trinajstić information content (AvgIpc) is 3.80. The van der Waals surface area contributed by atoms with E-state index in [4.69, 9.17) is 9.47 Å². The molecule has 5 heterocycles. The number of cyclic esters (lactones) is 1. The van der Waals surface area contributed by atoms with Crippen LogP contribution in [0.15, 0.2) is 54.9 Å². The van der Waals surface area contributed by atoms with Crippen LogP contribution < -0.4 is 16.1 Å². The number of carbonyl (C=O) groups is 4. The van der Waals surface area contributed by atoms with Crippen LogP contribution in [0.2, 0.25) is 0 Å². The molecule has 2 aromatic carbocycles. The molecule has 3 fully saturated rings. The first-order valence-corrected chi connectivity index (χ1v) is 22.1. The van der Waals surface area contributed by atoms with Crippen LogP contribution in [0, 0.1) is 23.2 Å². The number of methoxy groups -OCH3 is 1. The summed E-state index contributed by atoms with van der Waals surface area (Å²) in [7, 11) is 3.34. The van der Waals surface area contributed by atoms with Gasteiger partial charge in [-0.2, -0.15) is 0 Å². The van der Waals surface area contributed by atoms with E-state index in [-0.39, 0.29) is 42.6 Å². The lowest BCUT2D eigenvalue weighted by Crippen LogP contribution is -2.62. The molecule has 2 aromatic heterocycles. The molecule has 1 unspecified atom stereocenters. The molecule has 3 aliphatic heterocycles. The number of nitrogens with one attached hydrogen (secondary N) is 3. The molecule has 330 valence electrons. The second-order valence-electron chi connectivity index (χ2n) is 18.9. The fourth-order valence-electron chi connectivity index (χ4n) is 10.1. The van der Waals surface area contributed by atoms with Gasteiger partial charge >= 0.3 is 5.97 Å². The Hall–Kier alpha value is -5.31. The van der Waals surface area contributed by atoms with Gasteiger partial charge in [-0.3, -0.25) is 29.2 Å². The Morgan fingerprint density at radius 2 is 1.94 bits per heavy atom. The van der Waals surface area contributed by atoms with E-state index >= 15 is 0 Å². The zero-order valence-electron chi connectivity index (χ0n) is 37.0. The number of phenols is 1. The van der Waals surface area contributed by atoms with Crippen LogP contribution in [0.3, 0.4) is 0 Å². The Labute approximate surface area is 363 Å². The lowest BCUT2D eigenvalue weighted by Gasteiger charge is -2.37. The number of piperidine rings is 1. The molecule has 6 atom stereocenters. The summed E-state index contributed by atoms with van der Waals surface area (Å²) in [6.45, 7) is 12.4. The molecule has 8 rings (SSSR count). The highest BCUT2D eigenvalue weighted by molar-refractivity contribution is 5.96. The average molecular weight is 848 g/mol. The van der Waals surface area contributed by atoms with Crippen LogP contribution in [0.4, 0.5) is 0 Å². The Balaban J connectivity index is 1.21. The molecule has 1 saturated carbocycles. The highest BCUT2D eigenvalue weighted by atomic mass is 16.5. The number of ether oxygens (including phenoxy) is 2. The van der Waals surface area contributed by atoms with E-state index in [1.807, 2.05) is 38.2 Å². The minimum absolute atomic E-state index is 0.0176. The van der Waals surface area contributed by atoms with E-state index < -0.39 is 41.3 Å². The molecule has 0 spiro atoms. The van der Waals surface area contributed by atoms with Crippen LogP contribution in [0.1, 0.15) is 70.6 Å².